The lowest BCUT2D eigenvalue weighted by Gasteiger charge is -2.14. The Balaban J connectivity index is 1.69. The molecular formula is C21H23ClN2O. The SMILES string of the molecule is C=C(Nc1ccc(Cl)cc1)Nc1ccc2c(c1)CC(=O)C(CC)CC2. The molecule has 130 valence electrons. The summed E-state index contributed by atoms with van der Waals surface area (Å²) in [6.45, 7) is 6.11. The zero-order valence-electron chi connectivity index (χ0n) is 14.4. The molecule has 2 aromatic rings. The van der Waals surface area contributed by atoms with Crippen LogP contribution in [-0.2, 0) is 17.6 Å². The van der Waals surface area contributed by atoms with Crippen molar-refractivity contribution >= 4 is 28.8 Å². The van der Waals surface area contributed by atoms with Gasteiger partial charge in [-0.25, -0.2) is 0 Å². The normalized spacial score (nSPS) is 16.7. The third-order valence-electron chi connectivity index (χ3n) is 4.72. The first kappa shape index (κ1) is 17.6. The number of hydrogen-bond donors (Lipinski definition) is 2. The fourth-order valence-electron chi connectivity index (χ4n) is 3.28. The van der Waals surface area contributed by atoms with Crippen molar-refractivity contribution in [1.82, 2.24) is 0 Å². The Hall–Kier alpha value is -2.26. The fourth-order valence-corrected chi connectivity index (χ4v) is 3.41. The number of anilines is 2. The molecule has 0 heterocycles. The van der Waals surface area contributed by atoms with Crippen LogP contribution in [0.4, 0.5) is 11.4 Å². The molecule has 0 saturated carbocycles. The van der Waals surface area contributed by atoms with Crippen LogP contribution in [0.2, 0.25) is 5.02 Å². The molecule has 25 heavy (non-hydrogen) atoms. The van der Waals surface area contributed by atoms with E-state index < -0.39 is 0 Å². The maximum atomic E-state index is 12.3. The van der Waals surface area contributed by atoms with Crippen LogP contribution < -0.4 is 10.6 Å². The van der Waals surface area contributed by atoms with E-state index in [-0.39, 0.29) is 5.92 Å². The molecule has 0 spiro atoms. The fraction of sp³-hybridized carbons (Fsp3) is 0.286. The van der Waals surface area contributed by atoms with Crippen LogP contribution in [0.5, 0.6) is 0 Å². The number of fused-ring (bicyclic) bond motifs is 1. The van der Waals surface area contributed by atoms with E-state index in [1.165, 1.54) is 5.56 Å². The molecule has 1 aliphatic rings. The van der Waals surface area contributed by atoms with Crippen molar-refractivity contribution in [2.24, 2.45) is 5.92 Å². The van der Waals surface area contributed by atoms with E-state index in [0.717, 1.165) is 36.2 Å². The van der Waals surface area contributed by atoms with Crippen LogP contribution in [0.1, 0.15) is 30.9 Å². The average Bonchev–Trinajstić information content (AvgIpc) is 2.74. The molecule has 1 unspecified atom stereocenters. The standard InChI is InChI=1S/C21H23ClN2O/c1-3-15-4-5-16-6-9-20(12-17(16)13-21(15)25)24-14(2)23-19-10-7-18(22)8-11-19/h6-12,15,23-24H,2-5,13H2,1H3. The molecule has 0 fully saturated rings. The van der Waals surface area contributed by atoms with Crippen LogP contribution in [-0.4, -0.2) is 5.78 Å². The molecule has 0 amide bonds. The summed E-state index contributed by atoms with van der Waals surface area (Å²) in [5.74, 6) is 1.23. The first-order valence-corrected chi connectivity index (χ1v) is 9.06. The lowest BCUT2D eigenvalue weighted by atomic mass is 9.96. The van der Waals surface area contributed by atoms with E-state index in [4.69, 9.17) is 11.6 Å². The molecular weight excluding hydrogens is 332 g/mol. The second-order valence-electron chi connectivity index (χ2n) is 6.51. The van der Waals surface area contributed by atoms with Gasteiger partial charge in [-0.1, -0.05) is 31.2 Å². The zero-order chi connectivity index (χ0) is 17.8. The van der Waals surface area contributed by atoms with Crippen molar-refractivity contribution in [3.05, 3.63) is 71.0 Å². The summed E-state index contributed by atoms with van der Waals surface area (Å²) in [7, 11) is 0. The number of rotatable bonds is 5. The lowest BCUT2D eigenvalue weighted by Crippen LogP contribution is -2.14. The van der Waals surface area contributed by atoms with Crippen LogP contribution in [0, 0.1) is 5.92 Å². The van der Waals surface area contributed by atoms with E-state index in [1.807, 2.05) is 30.3 Å². The average molecular weight is 355 g/mol. The van der Waals surface area contributed by atoms with E-state index in [2.05, 4.69) is 36.3 Å². The highest BCUT2D eigenvalue weighted by atomic mass is 35.5. The van der Waals surface area contributed by atoms with Gasteiger partial charge in [0, 0.05) is 28.7 Å². The number of Topliss-reactive ketones (excluding diaryl/α,β-unsaturated/α-hetero) is 1. The van der Waals surface area contributed by atoms with Gasteiger partial charge in [0.25, 0.3) is 0 Å². The summed E-state index contributed by atoms with van der Waals surface area (Å²) < 4.78 is 0. The van der Waals surface area contributed by atoms with E-state index >= 15 is 0 Å². The maximum Gasteiger partial charge on any atom is 0.140 e. The van der Waals surface area contributed by atoms with Gasteiger partial charge in [-0.2, -0.15) is 0 Å². The predicted octanol–water partition coefficient (Wildman–Crippen LogP) is 5.42. The molecule has 3 nitrogen and oxygen atoms in total. The first-order chi connectivity index (χ1) is 12.0. The number of halogens is 1. The van der Waals surface area contributed by atoms with Gasteiger partial charge >= 0.3 is 0 Å². The molecule has 1 aliphatic carbocycles. The summed E-state index contributed by atoms with van der Waals surface area (Å²) in [4.78, 5) is 12.3. The topological polar surface area (TPSA) is 41.1 Å². The number of carbonyl (C=O) groups excluding carboxylic acids is 1. The minimum Gasteiger partial charge on any atom is -0.342 e. The highest BCUT2D eigenvalue weighted by Crippen LogP contribution is 2.27. The third-order valence-corrected chi connectivity index (χ3v) is 4.97. The number of benzene rings is 2. The quantitative estimate of drug-likeness (QED) is 0.704. The van der Waals surface area contributed by atoms with Crippen LogP contribution in [0.15, 0.2) is 54.9 Å². The van der Waals surface area contributed by atoms with Crippen molar-refractivity contribution in [1.29, 1.82) is 0 Å². The summed E-state index contributed by atoms with van der Waals surface area (Å²) in [5, 5.41) is 7.17. The minimum atomic E-state index is 0.199. The number of hydrogen-bond acceptors (Lipinski definition) is 3. The Morgan fingerprint density at radius 1 is 1.12 bits per heavy atom. The molecule has 3 rings (SSSR count). The minimum absolute atomic E-state index is 0.199. The second kappa shape index (κ2) is 7.75. The Morgan fingerprint density at radius 2 is 1.80 bits per heavy atom. The molecule has 4 heteroatoms. The molecule has 0 aliphatic heterocycles. The van der Waals surface area contributed by atoms with Crippen LogP contribution in [0.3, 0.4) is 0 Å². The lowest BCUT2D eigenvalue weighted by molar-refractivity contribution is -0.122. The Bertz CT molecular complexity index is 783. The molecule has 2 aromatic carbocycles. The van der Waals surface area contributed by atoms with E-state index in [0.29, 0.717) is 23.0 Å². The Labute approximate surface area is 154 Å². The van der Waals surface area contributed by atoms with Gasteiger partial charge in [-0.05, 0) is 66.8 Å². The number of carbonyl (C=O) groups is 1. The summed E-state index contributed by atoms with van der Waals surface area (Å²) in [6.07, 6.45) is 3.39. The van der Waals surface area contributed by atoms with Gasteiger partial charge in [0.15, 0.2) is 0 Å². The van der Waals surface area contributed by atoms with Crippen LogP contribution in [0.25, 0.3) is 0 Å². The van der Waals surface area contributed by atoms with Crippen molar-refractivity contribution in [2.75, 3.05) is 10.6 Å². The smallest absolute Gasteiger partial charge is 0.140 e. The van der Waals surface area contributed by atoms with E-state index in [9.17, 15) is 4.79 Å². The van der Waals surface area contributed by atoms with Gasteiger partial charge in [0.2, 0.25) is 0 Å². The highest BCUT2D eigenvalue weighted by Gasteiger charge is 2.22. The number of aryl methyl sites for hydroxylation is 1. The largest absolute Gasteiger partial charge is 0.342 e. The molecule has 0 saturated heterocycles. The molecule has 0 bridgehead atoms. The van der Waals surface area contributed by atoms with Crippen LogP contribution >= 0.6 is 11.6 Å². The molecule has 0 aromatic heterocycles. The zero-order valence-corrected chi connectivity index (χ0v) is 15.2. The van der Waals surface area contributed by atoms with Gasteiger partial charge < -0.3 is 10.6 Å². The van der Waals surface area contributed by atoms with Gasteiger partial charge in [-0.15, -0.1) is 0 Å². The van der Waals surface area contributed by atoms with Crippen molar-refractivity contribution < 1.29 is 4.79 Å². The first-order valence-electron chi connectivity index (χ1n) is 8.68. The van der Waals surface area contributed by atoms with Crippen molar-refractivity contribution in [3.63, 3.8) is 0 Å². The number of ketones is 1. The van der Waals surface area contributed by atoms with Crippen molar-refractivity contribution in [3.8, 4) is 0 Å². The highest BCUT2D eigenvalue weighted by molar-refractivity contribution is 6.30. The van der Waals surface area contributed by atoms with Gasteiger partial charge in [0.05, 0.1) is 0 Å². The maximum absolute atomic E-state index is 12.3. The Morgan fingerprint density at radius 3 is 2.52 bits per heavy atom. The van der Waals surface area contributed by atoms with Crippen molar-refractivity contribution in [2.45, 2.75) is 32.6 Å². The second-order valence-corrected chi connectivity index (χ2v) is 6.94. The summed E-state index contributed by atoms with van der Waals surface area (Å²) >= 11 is 5.90. The summed E-state index contributed by atoms with van der Waals surface area (Å²) in [5.41, 5.74) is 4.27. The molecule has 0 radical (unpaired) electrons. The number of nitrogens with one attached hydrogen (secondary N) is 2. The Kier molecular flexibility index (Phi) is 5.44. The third kappa shape index (κ3) is 4.43. The van der Waals surface area contributed by atoms with Gasteiger partial charge in [0.1, 0.15) is 11.6 Å². The van der Waals surface area contributed by atoms with Gasteiger partial charge in [-0.3, -0.25) is 4.79 Å². The summed E-state index contributed by atoms with van der Waals surface area (Å²) in [6, 6.07) is 13.7. The monoisotopic (exact) mass is 354 g/mol. The predicted molar refractivity (Wildman–Crippen MR) is 105 cm³/mol. The molecule has 1 atom stereocenters. The van der Waals surface area contributed by atoms with E-state index in [1.54, 1.807) is 0 Å². The molecule has 2 N–H and O–H groups in total.